The Morgan fingerprint density at radius 3 is 2.73 bits per heavy atom. The fourth-order valence-electron chi connectivity index (χ4n) is 1.65. The van der Waals surface area contributed by atoms with E-state index in [4.69, 9.17) is 0 Å². The van der Waals surface area contributed by atoms with Crippen molar-refractivity contribution < 1.29 is 0 Å². The molecule has 0 saturated carbocycles. The summed E-state index contributed by atoms with van der Waals surface area (Å²) in [6.45, 7) is 2.64. The minimum Gasteiger partial charge on any atom is -0.306 e. The van der Waals surface area contributed by atoms with E-state index in [0.717, 1.165) is 11.0 Å². The second-order valence-corrected chi connectivity index (χ2v) is 3.82. The van der Waals surface area contributed by atoms with E-state index in [0.29, 0.717) is 0 Å². The Morgan fingerprint density at radius 1 is 1.33 bits per heavy atom. The van der Waals surface area contributed by atoms with Crippen molar-refractivity contribution in [2.75, 3.05) is 20.1 Å². The molecule has 3 heterocycles. The first-order chi connectivity index (χ1) is 7.36. The number of fused-ring (bicyclic) bond motifs is 1. The Bertz CT molecular complexity index is 373. The molecule has 3 rings (SSSR count). The Morgan fingerprint density at radius 2 is 2.13 bits per heavy atom. The molecule has 1 aliphatic heterocycles. The zero-order valence-corrected chi connectivity index (χ0v) is 8.98. The molecule has 0 bridgehead atoms. The van der Waals surface area contributed by atoms with Gasteiger partial charge in [0, 0.05) is 11.6 Å². The summed E-state index contributed by atoms with van der Waals surface area (Å²) >= 11 is 0. The lowest BCUT2D eigenvalue weighted by Crippen LogP contribution is -2.10. The zero-order chi connectivity index (χ0) is 10.5. The highest BCUT2D eigenvalue weighted by Crippen LogP contribution is 2.03. The average Bonchev–Trinajstić information content (AvgIpc) is 2.88. The van der Waals surface area contributed by atoms with Crippen molar-refractivity contribution in [3.05, 3.63) is 24.5 Å². The summed E-state index contributed by atoms with van der Waals surface area (Å²) in [7, 11) is 2.17. The van der Waals surface area contributed by atoms with E-state index in [9.17, 15) is 0 Å². The molecule has 15 heavy (non-hydrogen) atoms. The molecule has 1 fully saturated rings. The number of likely N-dealkylation sites (tertiary alicyclic amines) is 1. The summed E-state index contributed by atoms with van der Waals surface area (Å²) in [4.78, 5) is 6.38. The van der Waals surface area contributed by atoms with Gasteiger partial charge in [0.1, 0.15) is 0 Å². The van der Waals surface area contributed by atoms with Gasteiger partial charge in [-0.15, -0.1) is 0 Å². The van der Waals surface area contributed by atoms with Crippen molar-refractivity contribution >= 4 is 11.0 Å². The van der Waals surface area contributed by atoms with Crippen LogP contribution in [0, 0.1) is 0 Å². The number of H-pyrrole nitrogens is 1. The van der Waals surface area contributed by atoms with Crippen molar-refractivity contribution in [2.45, 2.75) is 12.8 Å². The maximum absolute atomic E-state index is 4.02. The summed E-state index contributed by atoms with van der Waals surface area (Å²) in [5.41, 5.74) is 0.845. The predicted molar refractivity (Wildman–Crippen MR) is 60.6 cm³/mol. The van der Waals surface area contributed by atoms with Crippen molar-refractivity contribution in [3.8, 4) is 0 Å². The van der Waals surface area contributed by atoms with Gasteiger partial charge in [0.2, 0.25) is 0 Å². The lowest BCUT2D eigenvalue weighted by atomic mass is 10.4. The molecule has 4 heteroatoms. The summed E-state index contributed by atoms with van der Waals surface area (Å²) in [6.07, 6.45) is 6.32. The van der Waals surface area contributed by atoms with E-state index in [1.54, 1.807) is 12.4 Å². The molecule has 4 nitrogen and oxygen atoms in total. The maximum atomic E-state index is 4.02. The van der Waals surface area contributed by atoms with Crippen LogP contribution in [0.2, 0.25) is 0 Å². The Kier molecular flexibility index (Phi) is 3.29. The zero-order valence-electron chi connectivity index (χ0n) is 8.98. The van der Waals surface area contributed by atoms with Crippen molar-refractivity contribution in [2.24, 2.45) is 0 Å². The molecule has 1 saturated heterocycles. The first kappa shape index (κ1) is 10.1. The molecule has 0 spiro atoms. The second-order valence-electron chi connectivity index (χ2n) is 3.82. The van der Waals surface area contributed by atoms with Gasteiger partial charge < -0.3 is 4.90 Å². The van der Waals surface area contributed by atoms with Crippen LogP contribution in [0.25, 0.3) is 11.0 Å². The minimum atomic E-state index is 0.845. The average molecular weight is 204 g/mol. The molecule has 1 N–H and O–H groups in total. The van der Waals surface area contributed by atoms with Gasteiger partial charge in [0.05, 0.1) is 6.20 Å². The predicted octanol–water partition coefficient (Wildman–Crippen LogP) is 1.67. The van der Waals surface area contributed by atoms with Crippen molar-refractivity contribution in [1.29, 1.82) is 0 Å². The van der Waals surface area contributed by atoms with Gasteiger partial charge >= 0.3 is 0 Å². The summed E-state index contributed by atoms with van der Waals surface area (Å²) in [5.74, 6) is 0. The molecule has 0 atom stereocenters. The van der Waals surface area contributed by atoms with Crippen LogP contribution in [-0.2, 0) is 0 Å². The monoisotopic (exact) mass is 204 g/mol. The maximum Gasteiger partial charge on any atom is 0.155 e. The third-order valence-corrected chi connectivity index (χ3v) is 2.54. The Hall–Kier alpha value is -1.42. The number of hydrogen-bond donors (Lipinski definition) is 1. The second kappa shape index (κ2) is 4.89. The number of nitrogens with one attached hydrogen (secondary N) is 1. The molecule has 2 aromatic heterocycles. The highest BCUT2D eigenvalue weighted by Gasteiger charge is 2.03. The highest BCUT2D eigenvalue weighted by atomic mass is 15.1. The molecule has 0 amide bonds. The fourth-order valence-corrected chi connectivity index (χ4v) is 1.65. The molecule has 1 aliphatic rings. The van der Waals surface area contributed by atoms with Crippen LogP contribution < -0.4 is 0 Å². The van der Waals surface area contributed by atoms with E-state index >= 15 is 0 Å². The molecule has 0 unspecified atom stereocenters. The van der Waals surface area contributed by atoms with Gasteiger partial charge in [-0.25, -0.2) is 4.98 Å². The quantitative estimate of drug-likeness (QED) is 0.710. The van der Waals surface area contributed by atoms with E-state index in [1.165, 1.54) is 25.9 Å². The number of aromatic amines is 1. The molecule has 2 aromatic rings. The number of nitrogens with zero attached hydrogens (tertiary/aromatic N) is 3. The van der Waals surface area contributed by atoms with Gasteiger partial charge in [0.25, 0.3) is 0 Å². The van der Waals surface area contributed by atoms with Crippen LogP contribution >= 0.6 is 0 Å². The minimum absolute atomic E-state index is 0.845. The summed E-state index contributed by atoms with van der Waals surface area (Å²) in [5, 5.41) is 7.63. The first-order valence-electron chi connectivity index (χ1n) is 5.29. The Balaban J connectivity index is 0.000000124. The van der Waals surface area contributed by atoms with E-state index in [2.05, 4.69) is 27.1 Å². The van der Waals surface area contributed by atoms with Crippen LogP contribution in [-0.4, -0.2) is 40.2 Å². The van der Waals surface area contributed by atoms with Gasteiger partial charge in [-0.05, 0) is 45.1 Å². The van der Waals surface area contributed by atoms with Crippen LogP contribution in [0.4, 0.5) is 0 Å². The number of rotatable bonds is 0. The molecular formula is C11H16N4. The third-order valence-electron chi connectivity index (χ3n) is 2.54. The molecule has 0 aromatic carbocycles. The van der Waals surface area contributed by atoms with E-state index in [1.807, 2.05) is 12.1 Å². The van der Waals surface area contributed by atoms with Gasteiger partial charge in [-0.3, -0.25) is 5.10 Å². The lowest BCUT2D eigenvalue weighted by Gasteiger charge is -2.01. The van der Waals surface area contributed by atoms with E-state index < -0.39 is 0 Å². The normalized spacial score (nSPS) is 16.3. The summed E-state index contributed by atoms with van der Waals surface area (Å²) in [6, 6.07) is 3.85. The lowest BCUT2D eigenvalue weighted by molar-refractivity contribution is 0.418. The van der Waals surface area contributed by atoms with Crippen molar-refractivity contribution in [1.82, 2.24) is 20.1 Å². The van der Waals surface area contributed by atoms with Crippen LogP contribution in [0.15, 0.2) is 24.5 Å². The van der Waals surface area contributed by atoms with Crippen LogP contribution in [0.3, 0.4) is 0 Å². The highest BCUT2D eigenvalue weighted by molar-refractivity contribution is 5.72. The number of hydrogen-bond acceptors (Lipinski definition) is 3. The molecule has 0 aliphatic carbocycles. The number of pyridine rings is 1. The smallest absolute Gasteiger partial charge is 0.155 e. The third kappa shape index (κ3) is 2.76. The first-order valence-corrected chi connectivity index (χ1v) is 5.29. The van der Waals surface area contributed by atoms with Crippen LogP contribution in [0.1, 0.15) is 12.8 Å². The van der Waals surface area contributed by atoms with E-state index in [-0.39, 0.29) is 0 Å². The standard InChI is InChI=1S/C6H5N3.C5H11N/c1-2-5-4-8-9-6(5)7-3-1;1-6-4-2-3-5-6/h1-4H,(H,7,8,9);2-5H2,1H3. The van der Waals surface area contributed by atoms with Crippen LogP contribution in [0.5, 0.6) is 0 Å². The topological polar surface area (TPSA) is 44.8 Å². The summed E-state index contributed by atoms with van der Waals surface area (Å²) < 4.78 is 0. The van der Waals surface area contributed by atoms with Crippen molar-refractivity contribution in [3.63, 3.8) is 0 Å². The molecule has 0 radical (unpaired) electrons. The van der Waals surface area contributed by atoms with Gasteiger partial charge in [-0.2, -0.15) is 5.10 Å². The van der Waals surface area contributed by atoms with Gasteiger partial charge in [-0.1, -0.05) is 0 Å². The van der Waals surface area contributed by atoms with Gasteiger partial charge in [0.15, 0.2) is 5.65 Å². The SMILES string of the molecule is CN1CCCC1.c1cnc2[nH]ncc2c1. The molecule has 80 valence electrons. The molecular weight excluding hydrogens is 188 g/mol. The number of aromatic nitrogens is 3. The Labute approximate surface area is 89.3 Å². The largest absolute Gasteiger partial charge is 0.306 e. The fraction of sp³-hybridized carbons (Fsp3) is 0.455.